The van der Waals surface area contributed by atoms with Gasteiger partial charge in [-0.2, -0.15) is 23.0 Å². The molecular weight excluding hydrogens is 551 g/mol. The lowest BCUT2D eigenvalue weighted by atomic mass is 10.1. The zero-order valence-corrected chi connectivity index (χ0v) is 20.3. The molecule has 0 atom stereocenters. The predicted octanol–water partition coefficient (Wildman–Crippen LogP) is 5.66. The lowest BCUT2D eigenvalue weighted by molar-refractivity contribution is -0.137. The Balaban J connectivity index is 1.84. The van der Waals surface area contributed by atoms with Gasteiger partial charge in [0.25, 0.3) is 11.5 Å². The molecule has 7 nitrogen and oxygen atoms in total. The number of rotatable bonds is 5. The number of amides is 1. The van der Waals surface area contributed by atoms with Gasteiger partial charge in [-0.1, -0.05) is 22.0 Å². The molecule has 1 amide bonds. The third-order valence-corrected chi connectivity index (χ3v) is 6.30. The topological polar surface area (TPSA) is 90.3 Å². The van der Waals surface area contributed by atoms with Crippen molar-refractivity contribution in [2.45, 2.75) is 13.1 Å². The highest BCUT2D eigenvalue weighted by atomic mass is 79.9. The Kier molecular flexibility index (Phi) is 6.77. The third kappa shape index (κ3) is 4.98. The normalized spacial score (nSPS) is 11.5. The second-order valence-corrected chi connectivity index (χ2v) is 8.94. The monoisotopic (exact) mass is 565 g/mol. The average molecular weight is 566 g/mol. The number of carbonyl (C=O) groups excluding carboxylic acids is 2. The zero-order chi connectivity index (χ0) is 25.3. The van der Waals surface area contributed by atoms with Crippen LogP contribution in [0.2, 0.25) is 0 Å². The molecule has 2 heterocycles. The zero-order valence-electron chi connectivity index (χ0n) is 17.9. The Labute approximate surface area is 208 Å². The van der Waals surface area contributed by atoms with Crippen molar-refractivity contribution in [2.75, 3.05) is 11.9 Å². The Morgan fingerprint density at radius 2 is 1.89 bits per heavy atom. The molecule has 2 aromatic carbocycles. The van der Waals surface area contributed by atoms with Crippen LogP contribution in [0, 0.1) is 0 Å². The molecular formula is C23H15BrF3N3O4S. The average Bonchev–Trinajstić information content (AvgIpc) is 3.24. The van der Waals surface area contributed by atoms with E-state index in [2.05, 4.69) is 26.3 Å². The molecule has 0 aliphatic rings. The first-order chi connectivity index (χ1) is 16.6. The summed E-state index contributed by atoms with van der Waals surface area (Å²) in [4.78, 5) is 38.7. The van der Waals surface area contributed by atoms with Gasteiger partial charge in [-0.25, -0.2) is 4.79 Å². The summed E-state index contributed by atoms with van der Waals surface area (Å²) in [6.45, 7) is 1.69. The van der Waals surface area contributed by atoms with Crippen LogP contribution >= 0.6 is 27.3 Å². The van der Waals surface area contributed by atoms with Crippen LogP contribution in [0.25, 0.3) is 16.5 Å². The van der Waals surface area contributed by atoms with E-state index in [4.69, 9.17) is 4.74 Å². The fraction of sp³-hybridized carbons (Fsp3) is 0.130. The van der Waals surface area contributed by atoms with E-state index in [1.807, 2.05) is 0 Å². The van der Waals surface area contributed by atoms with Crippen LogP contribution in [0.15, 0.2) is 63.2 Å². The molecule has 0 saturated heterocycles. The van der Waals surface area contributed by atoms with Gasteiger partial charge in [-0.15, -0.1) is 11.3 Å². The predicted molar refractivity (Wildman–Crippen MR) is 128 cm³/mol. The highest BCUT2D eigenvalue weighted by Gasteiger charge is 2.31. The number of carbonyl (C=O) groups is 2. The summed E-state index contributed by atoms with van der Waals surface area (Å²) in [6.07, 6.45) is -4.62. The van der Waals surface area contributed by atoms with Crippen LogP contribution in [0.3, 0.4) is 0 Å². The third-order valence-electron chi connectivity index (χ3n) is 4.87. The maximum Gasteiger partial charge on any atom is 0.416 e. The van der Waals surface area contributed by atoms with Crippen LogP contribution in [0.1, 0.15) is 33.3 Å². The molecule has 12 heteroatoms. The largest absolute Gasteiger partial charge is 0.461 e. The van der Waals surface area contributed by atoms with E-state index < -0.39 is 29.2 Å². The molecule has 0 fully saturated rings. The number of anilines is 1. The molecule has 2 aromatic heterocycles. The first kappa shape index (κ1) is 24.6. The smallest absolute Gasteiger partial charge is 0.416 e. The molecule has 4 aromatic rings. The van der Waals surface area contributed by atoms with Crippen LogP contribution < -0.4 is 10.9 Å². The number of thiophene rings is 1. The summed E-state index contributed by atoms with van der Waals surface area (Å²) in [5, 5.41) is 8.35. The molecule has 4 rings (SSSR count). The summed E-state index contributed by atoms with van der Waals surface area (Å²) in [5.41, 5.74) is -1.63. The Hall–Kier alpha value is -3.51. The fourth-order valence-corrected chi connectivity index (χ4v) is 4.46. The van der Waals surface area contributed by atoms with Gasteiger partial charge in [0.15, 0.2) is 5.69 Å². The van der Waals surface area contributed by atoms with E-state index >= 15 is 0 Å². The number of nitrogens with one attached hydrogen (secondary N) is 1. The molecule has 180 valence electrons. The van der Waals surface area contributed by atoms with Crippen molar-refractivity contribution < 1.29 is 27.5 Å². The molecule has 0 radical (unpaired) electrons. The van der Waals surface area contributed by atoms with E-state index in [-0.39, 0.29) is 33.6 Å². The second-order valence-electron chi connectivity index (χ2n) is 7.15. The summed E-state index contributed by atoms with van der Waals surface area (Å²) in [6, 6.07) is 10.5. The van der Waals surface area contributed by atoms with E-state index in [9.17, 15) is 27.6 Å². The van der Waals surface area contributed by atoms with E-state index in [1.54, 1.807) is 31.2 Å². The van der Waals surface area contributed by atoms with Crippen molar-refractivity contribution in [2.24, 2.45) is 0 Å². The summed E-state index contributed by atoms with van der Waals surface area (Å²) < 4.78 is 46.0. The number of fused-ring (bicyclic) bond motifs is 1. The Bertz CT molecular complexity index is 1500. The van der Waals surface area contributed by atoms with Crippen molar-refractivity contribution in [1.82, 2.24) is 9.78 Å². The van der Waals surface area contributed by atoms with Gasteiger partial charge in [0.1, 0.15) is 5.00 Å². The maximum atomic E-state index is 13.4. The number of hydrogen-bond acceptors (Lipinski definition) is 6. The van der Waals surface area contributed by atoms with Gasteiger partial charge in [-0.3, -0.25) is 9.59 Å². The molecule has 0 aliphatic carbocycles. The number of alkyl halides is 3. The summed E-state index contributed by atoms with van der Waals surface area (Å²) in [5.74, 6) is -1.61. The van der Waals surface area contributed by atoms with E-state index in [0.717, 1.165) is 38.7 Å². The fourth-order valence-electron chi connectivity index (χ4n) is 3.26. The first-order valence-corrected chi connectivity index (χ1v) is 11.7. The minimum Gasteiger partial charge on any atom is -0.461 e. The molecule has 0 unspecified atom stereocenters. The Morgan fingerprint density at radius 3 is 2.54 bits per heavy atom. The number of aromatic nitrogens is 2. The quantitative estimate of drug-likeness (QED) is 0.315. The number of benzene rings is 2. The SMILES string of the molecule is CCOC(=O)c1nn(-c2ccc(Br)cc2)c(=O)c2c(NC(=O)c3cccc(C(F)(F)F)c3)scc12. The van der Waals surface area contributed by atoms with Gasteiger partial charge in [0.2, 0.25) is 0 Å². The van der Waals surface area contributed by atoms with Gasteiger partial charge >= 0.3 is 12.1 Å². The van der Waals surface area contributed by atoms with Crippen molar-refractivity contribution in [3.63, 3.8) is 0 Å². The van der Waals surface area contributed by atoms with E-state index in [0.29, 0.717) is 5.69 Å². The van der Waals surface area contributed by atoms with Crippen molar-refractivity contribution in [1.29, 1.82) is 0 Å². The standard InChI is InChI=1S/C23H15BrF3N3O4S/c1-2-34-22(33)18-16-11-35-20(28-19(31)12-4-3-5-13(10-12)23(25,26)27)17(16)21(32)30(29-18)15-8-6-14(24)7-9-15/h3-11H,2H2,1H3,(H,28,31). The van der Waals surface area contributed by atoms with Crippen LogP contribution in [0.4, 0.5) is 18.2 Å². The highest BCUT2D eigenvalue weighted by Crippen LogP contribution is 2.32. The van der Waals surface area contributed by atoms with Crippen molar-refractivity contribution >= 4 is 54.9 Å². The van der Waals surface area contributed by atoms with Gasteiger partial charge < -0.3 is 10.1 Å². The summed E-state index contributed by atoms with van der Waals surface area (Å²) in [7, 11) is 0. The first-order valence-electron chi connectivity index (χ1n) is 10.1. The van der Waals surface area contributed by atoms with Gasteiger partial charge in [-0.05, 0) is 49.4 Å². The number of ether oxygens (including phenoxy) is 1. The molecule has 1 N–H and O–H groups in total. The molecule has 35 heavy (non-hydrogen) atoms. The molecule has 0 aliphatic heterocycles. The summed E-state index contributed by atoms with van der Waals surface area (Å²) >= 11 is 4.25. The number of esters is 1. The molecule has 0 saturated carbocycles. The molecule has 0 spiro atoms. The van der Waals surface area contributed by atoms with Crippen LogP contribution in [0.5, 0.6) is 0 Å². The lowest BCUT2D eigenvalue weighted by Crippen LogP contribution is -2.25. The molecule has 0 bridgehead atoms. The Morgan fingerprint density at radius 1 is 1.17 bits per heavy atom. The maximum absolute atomic E-state index is 13.4. The highest BCUT2D eigenvalue weighted by molar-refractivity contribution is 9.10. The van der Waals surface area contributed by atoms with Crippen LogP contribution in [-0.4, -0.2) is 28.3 Å². The number of hydrogen-bond donors (Lipinski definition) is 1. The number of halogens is 4. The number of nitrogens with zero attached hydrogens (tertiary/aromatic N) is 2. The minimum atomic E-state index is -4.62. The van der Waals surface area contributed by atoms with Gasteiger partial charge in [0, 0.05) is 20.8 Å². The lowest BCUT2D eigenvalue weighted by Gasteiger charge is -2.11. The van der Waals surface area contributed by atoms with Crippen LogP contribution in [-0.2, 0) is 10.9 Å². The van der Waals surface area contributed by atoms with Crippen molar-refractivity contribution in [3.05, 3.63) is 85.6 Å². The minimum absolute atomic E-state index is 0.0173. The van der Waals surface area contributed by atoms with Gasteiger partial charge in [0.05, 0.1) is 23.2 Å². The van der Waals surface area contributed by atoms with Crippen molar-refractivity contribution in [3.8, 4) is 5.69 Å². The van der Waals surface area contributed by atoms with E-state index in [1.165, 1.54) is 11.4 Å². The second kappa shape index (κ2) is 9.62.